The Morgan fingerprint density at radius 1 is 1.00 bits per heavy atom. The number of alkyl halides is 1. The molecule has 0 amide bonds. The van der Waals surface area contributed by atoms with E-state index in [0.717, 1.165) is 11.8 Å². The van der Waals surface area contributed by atoms with E-state index in [0.29, 0.717) is 16.1 Å². The molecule has 0 aliphatic carbocycles. The molecule has 0 aromatic heterocycles. The van der Waals surface area contributed by atoms with Gasteiger partial charge in [-0.15, -0.1) is 0 Å². The van der Waals surface area contributed by atoms with E-state index in [1.54, 1.807) is 6.07 Å². The summed E-state index contributed by atoms with van der Waals surface area (Å²) in [5.74, 6) is 0.551. The molecule has 0 nitrogen and oxygen atoms in total. The van der Waals surface area contributed by atoms with Crippen LogP contribution < -0.4 is 0 Å². The summed E-state index contributed by atoms with van der Waals surface area (Å²) < 4.78 is 13.7. The molecule has 0 N–H and O–H groups in total. The molecule has 0 radical (unpaired) electrons. The Morgan fingerprint density at radius 3 is 2.33 bits per heavy atom. The van der Waals surface area contributed by atoms with Crippen molar-refractivity contribution in [3.8, 4) is 0 Å². The van der Waals surface area contributed by atoms with Gasteiger partial charge in [-0.2, -0.15) is 0 Å². The average Bonchev–Trinajstić information content (AvgIpc) is 2.37. The van der Waals surface area contributed by atoms with E-state index in [4.69, 9.17) is 0 Å². The molecule has 1 unspecified atom stereocenters. The van der Waals surface area contributed by atoms with Crippen LogP contribution in [0.3, 0.4) is 0 Å². The number of benzene rings is 2. The van der Waals surface area contributed by atoms with Crippen molar-refractivity contribution in [2.45, 2.75) is 31.5 Å². The molecule has 0 aliphatic heterocycles. The van der Waals surface area contributed by atoms with E-state index in [1.807, 2.05) is 30.3 Å². The lowest BCUT2D eigenvalue weighted by atomic mass is 9.97. The maximum atomic E-state index is 13.7. The van der Waals surface area contributed by atoms with E-state index >= 15 is 0 Å². The molecule has 0 saturated heterocycles. The summed E-state index contributed by atoms with van der Waals surface area (Å²) in [7, 11) is 0. The van der Waals surface area contributed by atoms with Gasteiger partial charge in [-0.25, -0.2) is 4.39 Å². The van der Waals surface area contributed by atoms with Gasteiger partial charge in [0, 0.05) is 10.2 Å². The Hall–Kier alpha value is -0.890. The van der Waals surface area contributed by atoms with Gasteiger partial charge in [0.1, 0.15) is 5.82 Å². The molecule has 0 fully saturated rings. The minimum absolute atomic E-state index is 0.141. The molecule has 2 rings (SSSR count). The smallest absolute Gasteiger partial charge is 0.131 e. The molecule has 0 spiro atoms. The number of hydrogen-bond acceptors (Lipinski definition) is 0. The van der Waals surface area contributed by atoms with Crippen molar-refractivity contribution in [2.24, 2.45) is 5.92 Å². The summed E-state index contributed by atoms with van der Waals surface area (Å²) in [6, 6.07) is 11.2. The van der Waals surface area contributed by atoms with E-state index in [9.17, 15) is 4.39 Å². The summed E-state index contributed by atoms with van der Waals surface area (Å²) in [4.78, 5) is 0.297. The average molecular weight is 309 g/mol. The largest absolute Gasteiger partial charge is 0.206 e. The standard InChI is InChI=1S/C16H18BrF/c1-11(2)7-9-15(17)13-8-10-16(18)14-6-4-3-5-12(13)14/h3-6,8,10-11,15H,7,9H2,1-2H3. The van der Waals surface area contributed by atoms with Gasteiger partial charge in [0.15, 0.2) is 0 Å². The molecular formula is C16H18BrF. The lowest BCUT2D eigenvalue weighted by molar-refractivity contribution is 0.554. The number of hydrogen-bond donors (Lipinski definition) is 0. The highest BCUT2D eigenvalue weighted by Crippen LogP contribution is 2.35. The van der Waals surface area contributed by atoms with E-state index in [-0.39, 0.29) is 5.82 Å². The molecule has 1 atom stereocenters. The van der Waals surface area contributed by atoms with Crippen LogP contribution in [0.1, 0.15) is 37.1 Å². The SMILES string of the molecule is CC(C)CCC(Br)c1ccc(F)c2ccccc12. The zero-order chi connectivity index (χ0) is 13.1. The first kappa shape index (κ1) is 13.5. The van der Waals surface area contributed by atoms with Crippen molar-refractivity contribution < 1.29 is 4.39 Å². The zero-order valence-electron chi connectivity index (χ0n) is 10.8. The predicted octanol–water partition coefficient (Wildman–Crippen LogP) is 5.85. The van der Waals surface area contributed by atoms with Gasteiger partial charge >= 0.3 is 0 Å². The summed E-state index contributed by atoms with van der Waals surface area (Å²) >= 11 is 3.74. The fraction of sp³-hybridized carbons (Fsp3) is 0.375. The molecule has 0 saturated carbocycles. The molecule has 2 aromatic rings. The second kappa shape index (κ2) is 5.83. The lowest BCUT2D eigenvalue weighted by Crippen LogP contribution is -1.96. The monoisotopic (exact) mass is 308 g/mol. The lowest BCUT2D eigenvalue weighted by Gasteiger charge is -2.14. The van der Waals surface area contributed by atoms with Crippen LogP contribution in [0.5, 0.6) is 0 Å². The maximum absolute atomic E-state index is 13.7. The second-order valence-corrected chi connectivity index (χ2v) is 6.23. The summed E-state index contributed by atoms with van der Waals surface area (Å²) in [6.07, 6.45) is 2.24. The van der Waals surface area contributed by atoms with Gasteiger partial charge in [0.25, 0.3) is 0 Å². The summed E-state index contributed by atoms with van der Waals surface area (Å²) in [5, 5.41) is 1.73. The highest BCUT2D eigenvalue weighted by Gasteiger charge is 2.13. The molecule has 0 aliphatic rings. The van der Waals surface area contributed by atoms with Gasteiger partial charge in [0.2, 0.25) is 0 Å². The molecule has 96 valence electrons. The highest BCUT2D eigenvalue weighted by atomic mass is 79.9. The fourth-order valence-electron chi connectivity index (χ4n) is 2.19. The third-order valence-electron chi connectivity index (χ3n) is 3.24. The fourth-order valence-corrected chi connectivity index (χ4v) is 2.86. The Bertz CT molecular complexity index is 534. The predicted molar refractivity (Wildman–Crippen MR) is 79.6 cm³/mol. The Balaban J connectivity index is 2.36. The first-order chi connectivity index (χ1) is 8.59. The molecular weight excluding hydrogens is 291 g/mol. The van der Waals surface area contributed by atoms with Crippen LogP contribution in [0.15, 0.2) is 36.4 Å². The first-order valence-electron chi connectivity index (χ1n) is 6.41. The number of rotatable bonds is 4. The topological polar surface area (TPSA) is 0 Å². The molecule has 0 heterocycles. The van der Waals surface area contributed by atoms with Crippen LogP contribution >= 0.6 is 15.9 Å². The van der Waals surface area contributed by atoms with Gasteiger partial charge in [-0.05, 0) is 35.8 Å². The van der Waals surface area contributed by atoms with Crippen molar-refractivity contribution >= 4 is 26.7 Å². The van der Waals surface area contributed by atoms with Crippen LogP contribution in [0, 0.1) is 11.7 Å². The van der Waals surface area contributed by atoms with Gasteiger partial charge < -0.3 is 0 Å². The van der Waals surface area contributed by atoms with Crippen LogP contribution in [0.2, 0.25) is 0 Å². The Morgan fingerprint density at radius 2 is 1.67 bits per heavy atom. The Kier molecular flexibility index (Phi) is 4.39. The maximum Gasteiger partial charge on any atom is 0.131 e. The minimum atomic E-state index is -0.141. The third-order valence-corrected chi connectivity index (χ3v) is 4.19. The quantitative estimate of drug-likeness (QED) is 0.621. The molecule has 0 bridgehead atoms. The summed E-state index contributed by atoms with van der Waals surface area (Å²) in [6.45, 7) is 4.45. The van der Waals surface area contributed by atoms with Crippen LogP contribution in [0.25, 0.3) is 10.8 Å². The van der Waals surface area contributed by atoms with Crippen LogP contribution in [-0.2, 0) is 0 Å². The van der Waals surface area contributed by atoms with Crippen LogP contribution in [-0.4, -0.2) is 0 Å². The summed E-state index contributed by atoms with van der Waals surface area (Å²) in [5.41, 5.74) is 1.19. The highest BCUT2D eigenvalue weighted by molar-refractivity contribution is 9.09. The van der Waals surface area contributed by atoms with Crippen molar-refractivity contribution in [1.29, 1.82) is 0 Å². The van der Waals surface area contributed by atoms with Gasteiger partial charge in [0.05, 0.1) is 0 Å². The number of halogens is 2. The van der Waals surface area contributed by atoms with Gasteiger partial charge in [-0.3, -0.25) is 0 Å². The van der Waals surface area contributed by atoms with E-state index in [2.05, 4.69) is 29.8 Å². The molecule has 2 heteroatoms. The van der Waals surface area contributed by atoms with E-state index in [1.165, 1.54) is 12.0 Å². The zero-order valence-corrected chi connectivity index (χ0v) is 12.4. The van der Waals surface area contributed by atoms with Crippen molar-refractivity contribution in [3.63, 3.8) is 0 Å². The van der Waals surface area contributed by atoms with Crippen molar-refractivity contribution in [3.05, 3.63) is 47.8 Å². The Labute approximate surface area is 116 Å². The third kappa shape index (κ3) is 2.92. The van der Waals surface area contributed by atoms with Crippen molar-refractivity contribution in [1.82, 2.24) is 0 Å². The first-order valence-corrected chi connectivity index (χ1v) is 7.32. The van der Waals surface area contributed by atoms with Gasteiger partial charge in [-0.1, -0.05) is 60.1 Å². The minimum Gasteiger partial charge on any atom is -0.206 e. The van der Waals surface area contributed by atoms with Crippen LogP contribution in [0.4, 0.5) is 4.39 Å². The van der Waals surface area contributed by atoms with Crippen molar-refractivity contribution in [2.75, 3.05) is 0 Å². The second-order valence-electron chi connectivity index (χ2n) is 5.12. The number of fused-ring (bicyclic) bond motifs is 1. The normalized spacial score (nSPS) is 13.2. The molecule has 2 aromatic carbocycles. The molecule has 18 heavy (non-hydrogen) atoms. The van der Waals surface area contributed by atoms with E-state index < -0.39 is 0 Å².